The second-order valence-corrected chi connectivity index (χ2v) is 10.5. The number of aryl methyl sites for hydroxylation is 1. The average molecular weight is 515 g/mol. The van der Waals surface area contributed by atoms with Crippen LogP contribution in [0.2, 0.25) is 0 Å². The second-order valence-electron chi connectivity index (χ2n) is 10.5. The zero-order valence-corrected chi connectivity index (χ0v) is 21.7. The lowest BCUT2D eigenvalue weighted by Crippen LogP contribution is -2.53. The molecule has 0 fully saturated rings. The summed E-state index contributed by atoms with van der Waals surface area (Å²) >= 11 is 0. The molecule has 2 unspecified atom stereocenters. The van der Waals surface area contributed by atoms with Crippen molar-refractivity contribution in [3.63, 3.8) is 0 Å². The Bertz CT molecular complexity index is 1770. The first-order valence-electron chi connectivity index (χ1n) is 13.4. The fourth-order valence-electron chi connectivity index (χ4n) is 6.61. The van der Waals surface area contributed by atoms with Gasteiger partial charge in [-0.15, -0.1) is 0 Å². The van der Waals surface area contributed by atoms with Crippen molar-refractivity contribution in [2.24, 2.45) is 0 Å². The molecule has 0 saturated carbocycles. The Kier molecular flexibility index (Phi) is 5.52. The Balaban J connectivity index is 1.56. The highest BCUT2D eigenvalue weighted by Gasteiger charge is 2.47. The first kappa shape index (κ1) is 23.7. The Hall–Kier alpha value is -4.44. The first-order chi connectivity index (χ1) is 19.0. The van der Waals surface area contributed by atoms with Crippen molar-refractivity contribution >= 4 is 5.70 Å². The largest absolute Gasteiger partial charge is 0.249 e. The highest BCUT2D eigenvalue weighted by atomic mass is 19.1. The summed E-state index contributed by atoms with van der Waals surface area (Å²) < 4.78 is 35.5. The Morgan fingerprint density at radius 1 is 0.795 bits per heavy atom. The number of hydrogen-bond acceptors (Lipinski definition) is 0. The van der Waals surface area contributed by atoms with Crippen LogP contribution >= 0.6 is 0 Å². The number of allylic oxidation sites excluding steroid dienone is 1. The summed E-state index contributed by atoms with van der Waals surface area (Å²) in [6.45, 7) is 6.70. The van der Waals surface area contributed by atoms with Crippen LogP contribution in [-0.4, -0.2) is 0 Å². The van der Waals surface area contributed by atoms with Gasteiger partial charge in [0, 0.05) is 34.9 Å². The van der Waals surface area contributed by atoms with Crippen molar-refractivity contribution in [1.29, 1.82) is 0 Å². The number of rotatable bonds is 1. The summed E-state index contributed by atoms with van der Waals surface area (Å²) in [5.41, 5.74) is 8.79. The number of hydrogen-bond donors (Lipinski definition) is 0. The smallest absolute Gasteiger partial charge is 0.207 e. The summed E-state index contributed by atoms with van der Waals surface area (Å²) in [6, 6.07) is 29.2. The third kappa shape index (κ3) is 3.66. The van der Waals surface area contributed by atoms with Crippen LogP contribution in [-0.2, 0) is 6.42 Å². The summed E-state index contributed by atoms with van der Waals surface area (Å²) in [5.74, 6) is -0.758. The van der Waals surface area contributed by atoms with Gasteiger partial charge in [0.1, 0.15) is 11.6 Å². The average Bonchev–Trinajstić information content (AvgIpc) is 3.02. The Morgan fingerprint density at radius 2 is 1.54 bits per heavy atom. The molecule has 190 valence electrons. The van der Waals surface area contributed by atoms with Crippen LogP contribution in [0.3, 0.4) is 0 Å². The minimum absolute atomic E-state index is 0.0315. The van der Waals surface area contributed by atoms with E-state index in [1.165, 1.54) is 23.3 Å². The summed E-state index contributed by atoms with van der Waals surface area (Å²) in [6.07, 6.45) is 5.24. The van der Waals surface area contributed by atoms with Gasteiger partial charge in [-0.1, -0.05) is 48.5 Å². The van der Waals surface area contributed by atoms with Crippen molar-refractivity contribution in [3.05, 3.63) is 138 Å². The van der Waals surface area contributed by atoms with Gasteiger partial charge in [0.05, 0.1) is 11.5 Å². The topological polar surface area (TPSA) is 7.76 Å². The lowest BCUT2D eigenvalue weighted by Gasteiger charge is -2.29. The van der Waals surface area contributed by atoms with Gasteiger partial charge in [-0.05, 0) is 67.3 Å². The van der Waals surface area contributed by atoms with E-state index in [9.17, 15) is 0 Å². The zero-order chi connectivity index (χ0) is 26.7. The normalized spacial score (nSPS) is 17.5. The molecule has 4 heteroatoms. The summed E-state index contributed by atoms with van der Waals surface area (Å²) in [5, 5.41) is 0. The fraction of sp³-hybridized carbons (Fsp3) is 0.143. The van der Waals surface area contributed by atoms with Gasteiger partial charge in [-0.3, -0.25) is 0 Å². The van der Waals surface area contributed by atoms with Crippen LogP contribution < -0.4 is 9.13 Å². The van der Waals surface area contributed by atoms with E-state index in [0.29, 0.717) is 29.7 Å². The molecule has 0 saturated heterocycles. The molecule has 0 radical (unpaired) electrons. The highest BCUT2D eigenvalue weighted by Crippen LogP contribution is 2.45. The monoisotopic (exact) mass is 514 g/mol. The van der Waals surface area contributed by atoms with Crippen LogP contribution in [0.4, 0.5) is 8.78 Å². The van der Waals surface area contributed by atoms with E-state index in [1.807, 2.05) is 41.8 Å². The molecule has 0 aliphatic carbocycles. The quantitative estimate of drug-likeness (QED) is 0.204. The standard InChI is InChI=1S/C35H28F2N2/c1-22-20-33-34-28(30(36)17-18-31(34)37)16-15-27-25-12-6-7-13-26(25)32-14-8-9-19-38(32)35(27)23(2)39(33)21-29(22)24-10-4-3-5-11-24/h3-14,17-21,27,35H,2,15-16H2,1H3/q+2. The minimum atomic E-state index is -0.418. The third-order valence-electron chi connectivity index (χ3n) is 8.40. The number of benzene rings is 3. The molecule has 2 aliphatic heterocycles. The minimum Gasteiger partial charge on any atom is -0.207 e. The van der Waals surface area contributed by atoms with Crippen LogP contribution in [0.15, 0.2) is 110 Å². The van der Waals surface area contributed by atoms with E-state index in [4.69, 9.17) is 0 Å². The second kappa shape index (κ2) is 9.09. The number of fused-ring (bicyclic) bond motifs is 9. The number of halogens is 2. The maximum Gasteiger partial charge on any atom is 0.249 e. The number of aromatic nitrogens is 2. The van der Waals surface area contributed by atoms with E-state index in [1.54, 1.807) is 0 Å². The zero-order valence-electron chi connectivity index (χ0n) is 21.7. The maximum atomic E-state index is 15.7. The maximum absolute atomic E-state index is 15.7. The number of nitrogens with zero attached hydrogens (tertiary/aromatic N) is 2. The molecular formula is C35H28F2N2+2. The predicted octanol–water partition coefficient (Wildman–Crippen LogP) is 7.60. The first-order valence-corrected chi connectivity index (χ1v) is 13.4. The number of pyridine rings is 2. The molecule has 2 aliphatic rings. The lowest BCUT2D eigenvalue weighted by atomic mass is 9.78. The molecular weight excluding hydrogens is 486 g/mol. The molecule has 0 amide bonds. The summed E-state index contributed by atoms with van der Waals surface area (Å²) in [7, 11) is 0. The molecule has 5 aromatic rings. The Labute approximate surface area is 227 Å². The molecule has 2 nitrogen and oxygen atoms in total. The molecule has 2 aromatic heterocycles. The molecule has 0 bridgehead atoms. The van der Waals surface area contributed by atoms with Crippen LogP contribution in [0.5, 0.6) is 0 Å². The van der Waals surface area contributed by atoms with E-state index in [-0.39, 0.29) is 17.8 Å². The van der Waals surface area contributed by atoms with Crippen molar-refractivity contribution in [2.45, 2.75) is 31.7 Å². The van der Waals surface area contributed by atoms with Crippen molar-refractivity contribution in [3.8, 4) is 33.6 Å². The molecule has 0 N–H and O–H groups in total. The molecule has 0 spiro atoms. The third-order valence-corrected chi connectivity index (χ3v) is 8.40. The Morgan fingerprint density at radius 3 is 2.38 bits per heavy atom. The predicted molar refractivity (Wildman–Crippen MR) is 150 cm³/mol. The molecule has 2 atom stereocenters. The van der Waals surface area contributed by atoms with Crippen molar-refractivity contribution < 1.29 is 17.9 Å². The fourth-order valence-corrected chi connectivity index (χ4v) is 6.61. The highest BCUT2D eigenvalue weighted by molar-refractivity contribution is 5.72. The SMILES string of the molecule is C=C1C2C(CCc3c(F)ccc(F)c3-c3cc(C)c(-c4ccccc4)c[n+]31)c1ccccc1-c1cccc[n+]12. The van der Waals surface area contributed by atoms with E-state index in [0.717, 1.165) is 28.1 Å². The van der Waals surface area contributed by atoms with Gasteiger partial charge in [0.15, 0.2) is 12.4 Å². The molecule has 3 aromatic carbocycles. The van der Waals surface area contributed by atoms with E-state index < -0.39 is 5.82 Å². The van der Waals surface area contributed by atoms with Gasteiger partial charge >= 0.3 is 0 Å². The molecule has 4 heterocycles. The lowest BCUT2D eigenvalue weighted by molar-refractivity contribution is -0.727. The van der Waals surface area contributed by atoms with Crippen molar-refractivity contribution in [2.75, 3.05) is 0 Å². The van der Waals surface area contributed by atoms with Crippen molar-refractivity contribution in [1.82, 2.24) is 0 Å². The van der Waals surface area contributed by atoms with Gasteiger partial charge in [0.2, 0.25) is 23.1 Å². The molecule has 39 heavy (non-hydrogen) atoms. The van der Waals surface area contributed by atoms with Gasteiger partial charge in [0.25, 0.3) is 0 Å². The van der Waals surface area contributed by atoms with Crippen LogP contribution in [0.1, 0.15) is 35.1 Å². The summed E-state index contributed by atoms with van der Waals surface area (Å²) in [4.78, 5) is 0. The molecule has 7 rings (SSSR count). The van der Waals surface area contributed by atoms with E-state index in [2.05, 4.69) is 72.1 Å². The van der Waals surface area contributed by atoms with Crippen LogP contribution in [0, 0.1) is 18.6 Å². The van der Waals surface area contributed by atoms with Gasteiger partial charge in [-0.2, -0.15) is 9.13 Å². The van der Waals surface area contributed by atoms with E-state index >= 15 is 8.78 Å². The van der Waals surface area contributed by atoms with Crippen LogP contribution in [0.25, 0.3) is 39.3 Å². The van der Waals surface area contributed by atoms with Gasteiger partial charge in [-0.25, -0.2) is 8.78 Å². The van der Waals surface area contributed by atoms with Gasteiger partial charge < -0.3 is 0 Å².